The van der Waals surface area contributed by atoms with Gasteiger partial charge in [-0.25, -0.2) is 9.37 Å². The van der Waals surface area contributed by atoms with Gasteiger partial charge in [0, 0.05) is 0 Å². The minimum atomic E-state index is -0.626. The first-order valence-corrected chi connectivity index (χ1v) is 5.85. The lowest BCUT2D eigenvalue weighted by Gasteiger charge is -2.09. The summed E-state index contributed by atoms with van der Waals surface area (Å²) in [6, 6.07) is 7.25. The van der Waals surface area contributed by atoms with Gasteiger partial charge in [0.1, 0.15) is 11.0 Å². The Morgan fingerprint density at radius 3 is 2.79 bits per heavy atom. The van der Waals surface area contributed by atoms with Gasteiger partial charge in [0.2, 0.25) is 0 Å². The molecule has 4 nitrogen and oxygen atoms in total. The molecule has 1 heterocycles. The van der Waals surface area contributed by atoms with Crippen LogP contribution in [0.4, 0.5) is 15.8 Å². The van der Waals surface area contributed by atoms with Crippen molar-refractivity contribution in [1.29, 1.82) is 0 Å². The summed E-state index contributed by atoms with van der Waals surface area (Å²) in [4.78, 5) is 16.0. The standard InChI is InChI=1S/C13H11ClFN3O/c1-7-10(5-6-11(14)17-7)18-13(19)8-3-2-4-9(15)12(8)16/h2-6H,16H2,1H3,(H,18,19). The topological polar surface area (TPSA) is 68.0 Å². The Bertz CT molecular complexity index is 646. The monoisotopic (exact) mass is 279 g/mol. The smallest absolute Gasteiger partial charge is 0.257 e. The predicted octanol–water partition coefficient (Wildman–Crippen LogP) is 3.02. The molecule has 1 aromatic carbocycles. The molecule has 2 aromatic rings. The fourth-order valence-corrected chi connectivity index (χ4v) is 1.78. The Labute approximate surface area is 114 Å². The molecule has 0 aliphatic heterocycles. The highest BCUT2D eigenvalue weighted by atomic mass is 35.5. The van der Waals surface area contributed by atoms with Crippen molar-refractivity contribution in [2.75, 3.05) is 11.1 Å². The fraction of sp³-hybridized carbons (Fsp3) is 0.0769. The van der Waals surface area contributed by atoms with Gasteiger partial charge in [-0.3, -0.25) is 4.79 Å². The second kappa shape index (κ2) is 5.24. The van der Waals surface area contributed by atoms with Crippen molar-refractivity contribution in [3.63, 3.8) is 0 Å². The highest BCUT2D eigenvalue weighted by Crippen LogP contribution is 2.20. The van der Waals surface area contributed by atoms with Crippen molar-refractivity contribution >= 4 is 28.9 Å². The molecule has 98 valence electrons. The van der Waals surface area contributed by atoms with Gasteiger partial charge in [0.05, 0.1) is 22.6 Å². The summed E-state index contributed by atoms with van der Waals surface area (Å²) in [7, 11) is 0. The maximum atomic E-state index is 13.3. The molecule has 0 atom stereocenters. The minimum absolute atomic E-state index is 0.0781. The average Bonchev–Trinajstić information content (AvgIpc) is 2.36. The third-order valence-corrected chi connectivity index (χ3v) is 2.81. The highest BCUT2D eigenvalue weighted by molar-refractivity contribution is 6.29. The van der Waals surface area contributed by atoms with Crippen LogP contribution in [-0.4, -0.2) is 10.9 Å². The van der Waals surface area contributed by atoms with E-state index < -0.39 is 11.7 Å². The van der Waals surface area contributed by atoms with Crippen LogP contribution in [0.2, 0.25) is 5.15 Å². The summed E-state index contributed by atoms with van der Waals surface area (Å²) in [5.41, 5.74) is 6.49. The number of nitrogens with one attached hydrogen (secondary N) is 1. The van der Waals surface area contributed by atoms with E-state index in [1.807, 2.05) is 0 Å². The number of aryl methyl sites for hydroxylation is 1. The van der Waals surface area contributed by atoms with Crippen LogP contribution in [0.15, 0.2) is 30.3 Å². The Morgan fingerprint density at radius 2 is 2.11 bits per heavy atom. The van der Waals surface area contributed by atoms with Crippen LogP contribution >= 0.6 is 11.6 Å². The molecule has 0 saturated heterocycles. The van der Waals surface area contributed by atoms with Crippen LogP contribution in [-0.2, 0) is 0 Å². The number of benzene rings is 1. The zero-order chi connectivity index (χ0) is 14.0. The normalized spacial score (nSPS) is 10.3. The lowest BCUT2D eigenvalue weighted by molar-refractivity contribution is 0.102. The zero-order valence-corrected chi connectivity index (χ0v) is 10.8. The van der Waals surface area contributed by atoms with Crippen molar-refractivity contribution in [3.8, 4) is 0 Å². The number of nitrogens with zero attached hydrogens (tertiary/aromatic N) is 1. The van der Waals surface area contributed by atoms with Gasteiger partial charge in [-0.05, 0) is 31.2 Å². The van der Waals surface area contributed by atoms with Crippen LogP contribution in [0.3, 0.4) is 0 Å². The van der Waals surface area contributed by atoms with Gasteiger partial charge in [0.25, 0.3) is 5.91 Å². The van der Waals surface area contributed by atoms with E-state index in [9.17, 15) is 9.18 Å². The molecule has 6 heteroatoms. The fourth-order valence-electron chi connectivity index (χ4n) is 1.59. The number of pyridine rings is 1. The summed E-state index contributed by atoms with van der Waals surface area (Å²) in [5, 5.41) is 2.95. The van der Waals surface area contributed by atoms with Crippen LogP contribution in [0.1, 0.15) is 16.1 Å². The van der Waals surface area contributed by atoms with E-state index in [0.717, 1.165) is 0 Å². The number of nitrogen functional groups attached to an aromatic ring is 1. The van der Waals surface area contributed by atoms with Gasteiger partial charge < -0.3 is 11.1 Å². The summed E-state index contributed by atoms with van der Waals surface area (Å²) >= 11 is 5.72. The van der Waals surface area contributed by atoms with E-state index in [0.29, 0.717) is 16.5 Å². The molecule has 2 rings (SSSR count). The second-order valence-electron chi connectivity index (χ2n) is 3.92. The molecule has 0 unspecified atom stereocenters. The maximum Gasteiger partial charge on any atom is 0.257 e. The molecule has 1 amide bonds. The van der Waals surface area contributed by atoms with Gasteiger partial charge >= 0.3 is 0 Å². The summed E-state index contributed by atoms with van der Waals surface area (Å²) < 4.78 is 13.3. The Kier molecular flexibility index (Phi) is 3.66. The third-order valence-electron chi connectivity index (χ3n) is 2.60. The average molecular weight is 280 g/mol. The molecular formula is C13H11ClFN3O. The summed E-state index contributed by atoms with van der Waals surface area (Å²) in [6.45, 7) is 1.70. The number of rotatable bonds is 2. The maximum absolute atomic E-state index is 13.3. The number of halogens is 2. The van der Waals surface area contributed by atoms with Crippen molar-refractivity contribution in [1.82, 2.24) is 4.98 Å². The van der Waals surface area contributed by atoms with Crippen molar-refractivity contribution in [3.05, 3.63) is 52.6 Å². The van der Waals surface area contributed by atoms with Crippen LogP contribution in [0.5, 0.6) is 0 Å². The van der Waals surface area contributed by atoms with E-state index in [4.69, 9.17) is 17.3 Å². The number of hydrogen-bond acceptors (Lipinski definition) is 3. The van der Waals surface area contributed by atoms with Gasteiger partial charge in [-0.1, -0.05) is 17.7 Å². The quantitative estimate of drug-likeness (QED) is 0.656. The van der Waals surface area contributed by atoms with E-state index in [1.165, 1.54) is 18.2 Å². The number of carbonyl (C=O) groups is 1. The van der Waals surface area contributed by atoms with Crippen molar-refractivity contribution < 1.29 is 9.18 Å². The molecule has 0 spiro atoms. The SMILES string of the molecule is Cc1nc(Cl)ccc1NC(=O)c1cccc(F)c1N. The van der Waals surface area contributed by atoms with E-state index in [2.05, 4.69) is 10.3 Å². The molecule has 3 N–H and O–H groups in total. The first kappa shape index (κ1) is 13.3. The number of nitrogens with two attached hydrogens (primary N) is 1. The molecule has 19 heavy (non-hydrogen) atoms. The summed E-state index contributed by atoms with van der Waals surface area (Å²) in [5.74, 6) is -1.12. The van der Waals surface area contributed by atoms with Gasteiger partial charge in [-0.2, -0.15) is 0 Å². The second-order valence-corrected chi connectivity index (χ2v) is 4.31. The first-order chi connectivity index (χ1) is 8.99. The number of carbonyl (C=O) groups excluding carboxylic acids is 1. The lowest BCUT2D eigenvalue weighted by atomic mass is 10.1. The van der Waals surface area contributed by atoms with Gasteiger partial charge in [0.15, 0.2) is 0 Å². The van der Waals surface area contributed by atoms with Crippen LogP contribution in [0.25, 0.3) is 0 Å². The van der Waals surface area contributed by atoms with Crippen molar-refractivity contribution in [2.45, 2.75) is 6.92 Å². The number of anilines is 2. The third kappa shape index (κ3) is 2.82. The summed E-state index contributed by atoms with van der Waals surface area (Å²) in [6.07, 6.45) is 0. The predicted molar refractivity (Wildman–Crippen MR) is 72.7 cm³/mol. The lowest BCUT2D eigenvalue weighted by Crippen LogP contribution is -2.15. The first-order valence-electron chi connectivity index (χ1n) is 5.47. The zero-order valence-electron chi connectivity index (χ0n) is 10.1. The number of amides is 1. The molecule has 0 fully saturated rings. The molecule has 0 radical (unpaired) electrons. The van der Waals surface area contributed by atoms with Crippen LogP contribution < -0.4 is 11.1 Å². The highest BCUT2D eigenvalue weighted by Gasteiger charge is 2.13. The van der Waals surface area contributed by atoms with Crippen LogP contribution in [0, 0.1) is 12.7 Å². The molecule has 0 saturated carbocycles. The van der Waals surface area contributed by atoms with Gasteiger partial charge in [-0.15, -0.1) is 0 Å². The largest absolute Gasteiger partial charge is 0.396 e. The molecule has 1 aromatic heterocycles. The molecular weight excluding hydrogens is 269 g/mol. The van der Waals surface area contributed by atoms with Crippen molar-refractivity contribution in [2.24, 2.45) is 0 Å². The minimum Gasteiger partial charge on any atom is -0.396 e. The number of aromatic nitrogens is 1. The molecule has 0 aliphatic rings. The Hall–Kier alpha value is -2.14. The Balaban J connectivity index is 2.28. The molecule has 0 bridgehead atoms. The molecule has 0 aliphatic carbocycles. The van der Waals surface area contributed by atoms with E-state index >= 15 is 0 Å². The van der Waals surface area contributed by atoms with E-state index in [-0.39, 0.29) is 11.3 Å². The number of hydrogen-bond donors (Lipinski definition) is 2. The Morgan fingerprint density at radius 1 is 1.37 bits per heavy atom. The number of para-hydroxylation sites is 1. The van der Waals surface area contributed by atoms with E-state index in [1.54, 1.807) is 19.1 Å².